The minimum atomic E-state index is -0.846. The number of carbonyl (C=O) groups excluding carboxylic acids is 1. The molecule has 1 amide bonds. The summed E-state index contributed by atoms with van der Waals surface area (Å²) >= 11 is 2.64. The van der Waals surface area contributed by atoms with E-state index in [-0.39, 0.29) is 22.2 Å². The van der Waals surface area contributed by atoms with Gasteiger partial charge in [-0.15, -0.1) is 11.8 Å². The van der Waals surface area contributed by atoms with Gasteiger partial charge >= 0.3 is 0 Å². The van der Waals surface area contributed by atoms with E-state index in [1.165, 1.54) is 17.8 Å². The number of aromatic nitrogens is 2. The lowest BCUT2D eigenvalue weighted by Crippen LogP contribution is -2.26. The molecule has 3 aromatic rings. The number of nitrogens with zero attached hydrogens (tertiary/aromatic N) is 2. The first-order chi connectivity index (χ1) is 14.9. The molecule has 0 spiro atoms. The molecule has 0 aliphatic carbocycles. The second kappa shape index (κ2) is 9.23. The zero-order valence-corrected chi connectivity index (χ0v) is 18.2. The molecule has 1 aliphatic rings. The van der Waals surface area contributed by atoms with Crippen molar-refractivity contribution in [3.05, 3.63) is 81.8 Å². The van der Waals surface area contributed by atoms with Crippen LogP contribution in [0.2, 0.25) is 0 Å². The predicted molar refractivity (Wildman–Crippen MR) is 119 cm³/mol. The molecule has 0 radical (unpaired) electrons. The number of hydrogen-bond donors (Lipinski definition) is 1. The number of nitrogens with one attached hydrogen (secondary N) is 1. The molecule has 0 fully saturated rings. The zero-order chi connectivity index (χ0) is 22.0. The topological polar surface area (TPSA) is 64.0 Å². The minimum absolute atomic E-state index is 0.0699. The standard InChI is InChI=1S/C22H19F2N3O2S2/c1-13-9-18-20(31-13)21(29)27(11-14-5-3-2-4-6-14)22(26-18)30-12-19(28)25-17-8-7-15(23)10-16(17)24/h2-8,10,13H,9,11-12H2,1H3,(H,25,28)/t13-/m0/s1. The number of amides is 1. The quantitative estimate of drug-likeness (QED) is 0.439. The van der Waals surface area contributed by atoms with E-state index < -0.39 is 17.5 Å². The molecule has 1 N–H and O–H groups in total. The number of fused-ring (bicyclic) bond motifs is 1. The second-order valence-electron chi connectivity index (χ2n) is 7.14. The van der Waals surface area contributed by atoms with E-state index in [4.69, 9.17) is 0 Å². The molecule has 1 aromatic heterocycles. The summed E-state index contributed by atoms with van der Waals surface area (Å²) in [5.74, 6) is -2.11. The van der Waals surface area contributed by atoms with Gasteiger partial charge in [-0.25, -0.2) is 13.8 Å². The average Bonchev–Trinajstić information content (AvgIpc) is 3.12. The Labute approximate surface area is 186 Å². The van der Waals surface area contributed by atoms with Crippen molar-refractivity contribution in [2.75, 3.05) is 11.1 Å². The molecule has 9 heteroatoms. The average molecular weight is 460 g/mol. The molecule has 2 aromatic carbocycles. The van der Waals surface area contributed by atoms with Crippen LogP contribution in [0.4, 0.5) is 14.5 Å². The Morgan fingerprint density at radius 1 is 1.26 bits per heavy atom. The Balaban J connectivity index is 1.56. The number of carbonyl (C=O) groups is 1. The van der Waals surface area contributed by atoms with Gasteiger partial charge in [0, 0.05) is 17.7 Å². The first-order valence-electron chi connectivity index (χ1n) is 9.62. The highest BCUT2D eigenvalue weighted by atomic mass is 32.2. The Morgan fingerprint density at radius 2 is 2.03 bits per heavy atom. The first kappa shape index (κ1) is 21.6. The number of benzene rings is 2. The first-order valence-corrected chi connectivity index (χ1v) is 11.5. The van der Waals surface area contributed by atoms with Crippen molar-refractivity contribution in [1.29, 1.82) is 0 Å². The molecule has 0 bridgehead atoms. The normalized spacial score (nSPS) is 15.0. The van der Waals surface area contributed by atoms with Crippen molar-refractivity contribution in [2.24, 2.45) is 0 Å². The van der Waals surface area contributed by atoms with Gasteiger partial charge < -0.3 is 5.32 Å². The largest absolute Gasteiger partial charge is 0.323 e. The summed E-state index contributed by atoms with van der Waals surface area (Å²) in [4.78, 5) is 30.8. The number of hydrogen-bond acceptors (Lipinski definition) is 5. The number of thioether (sulfide) groups is 2. The molecular formula is C22H19F2N3O2S2. The molecule has 0 saturated carbocycles. The van der Waals surface area contributed by atoms with Crippen LogP contribution in [-0.4, -0.2) is 26.5 Å². The SMILES string of the molecule is C[C@H]1Cc2nc(SCC(=O)Nc3ccc(F)cc3F)n(Cc3ccccc3)c(=O)c2S1. The third-order valence-electron chi connectivity index (χ3n) is 4.68. The van der Waals surface area contributed by atoms with E-state index >= 15 is 0 Å². The lowest BCUT2D eigenvalue weighted by atomic mass is 10.2. The monoisotopic (exact) mass is 459 g/mol. The molecular weight excluding hydrogens is 440 g/mol. The highest BCUT2D eigenvalue weighted by Gasteiger charge is 2.26. The highest BCUT2D eigenvalue weighted by molar-refractivity contribution is 8.00. The van der Waals surface area contributed by atoms with E-state index in [2.05, 4.69) is 10.3 Å². The number of rotatable bonds is 6. The summed E-state index contributed by atoms with van der Waals surface area (Å²) in [6.45, 7) is 2.39. The summed E-state index contributed by atoms with van der Waals surface area (Å²) in [6.07, 6.45) is 0.696. The highest BCUT2D eigenvalue weighted by Crippen LogP contribution is 2.34. The molecule has 1 atom stereocenters. The smallest absolute Gasteiger partial charge is 0.268 e. The Morgan fingerprint density at radius 3 is 2.77 bits per heavy atom. The predicted octanol–water partition coefficient (Wildman–Crippen LogP) is 4.34. The van der Waals surface area contributed by atoms with Gasteiger partial charge in [-0.3, -0.25) is 14.2 Å². The summed E-state index contributed by atoms with van der Waals surface area (Å²) in [6, 6.07) is 12.5. The molecule has 160 valence electrons. The van der Waals surface area contributed by atoms with E-state index in [0.29, 0.717) is 29.1 Å². The lowest BCUT2D eigenvalue weighted by molar-refractivity contribution is -0.113. The summed E-state index contributed by atoms with van der Waals surface area (Å²) in [5.41, 5.74) is 1.48. The van der Waals surface area contributed by atoms with Crippen LogP contribution in [0, 0.1) is 11.6 Å². The molecule has 0 saturated heterocycles. The number of halogens is 2. The van der Waals surface area contributed by atoms with Crippen molar-refractivity contribution in [1.82, 2.24) is 9.55 Å². The van der Waals surface area contributed by atoms with Crippen LogP contribution in [0.5, 0.6) is 0 Å². The Bertz CT molecular complexity index is 1190. The minimum Gasteiger partial charge on any atom is -0.323 e. The van der Waals surface area contributed by atoms with Crippen molar-refractivity contribution in [3.8, 4) is 0 Å². The van der Waals surface area contributed by atoms with Crippen LogP contribution >= 0.6 is 23.5 Å². The molecule has 5 nitrogen and oxygen atoms in total. The van der Waals surface area contributed by atoms with Crippen molar-refractivity contribution in [2.45, 2.75) is 35.2 Å². The van der Waals surface area contributed by atoms with Gasteiger partial charge in [-0.05, 0) is 17.7 Å². The fraction of sp³-hybridized carbons (Fsp3) is 0.227. The molecule has 1 aliphatic heterocycles. The van der Waals surface area contributed by atoms with Crippen molar-refractivity contribution < 1.29 is 13.6 Å². The van der Waals surface area contributed by atoms with Crippen molar-refractivity contribution >= 4 is 35.1 Å². The van der Waals surface area contributed by atoms with Crippen LogP contribution in [0.25, 0.3) is 0 Å². The fourth-order valence-electron chi connectivity index (χ4n) is 3.25. The van der Waals surface area contributed by atoms with E-state index in [1.807, 2.05) is 37.3 Å². The van der Waals surface area contributed by atoms with Crippen LogP contribution in [0.1, 0.15) is 18.2 Å². The maximum atomic E-state index is 13.8. The maximum absolute atomic E-state index is 13.8. The summed E-state index contributed by atoms with van der Waals surface area (Å²) in [7, 11) is 0. The summed E-state index contributed by atoms with van der Waals surface area (Å²) in [5, 5.41) is 3.14. The molecule has 4 rings (SSSR count). The molecule has 31 heavy (non-hydrogen) atoms. The Hall–Kier alpha value is -2.65. The third kappa shape index (κ3) is 4.99. The zero-order valence-electron chi connectivity index (χ0n) is 16.6. The van der Waals surface area contributed by atoms with Crippen LogP contribution in [0.3, 0.4) is 0 Å². The molecule has 2 heterocycles. The molecule has 0 unspecified atom stereocenters. The van der Waals surface area contributed by atoms with Gasteiger partial charge in [-0.2, -0.15) is 0 Å². The third-order valence-corrected chi connectivity index (χ3v) is 6.88. The van der Waals surface area contributed by atoms with E-state index in [0.717, 1.165) is 29.1 Å². The van der Waals surface area contributed by atoms with E-state index in [1.54, 1.807) is 4.57 Å². The van der Waals surface area contributed by atoms with Gasteiger partial charge in [0.05, 0.1) is 28.6 Å². The van der Waals surface area contributed by atoms with Gasteiger partial charge in [-0.1, -0.05) is 49.0 Å². The van der Waals surface area contributed by atoms with Gasteiger partial charge in [0.15, 0.2) is 5.16 Å². The maximum Gasteiger partial charge on any atom is 0.268 e. The van der Waals surface area contributed by atoms with Gasteiger partial charge in [0.1, 0.15) is 11.6 Å². The summed E-state index contributed by atoms with van der Waals surface area (Å²) < 4.78 is 28.4. The van der Waals surface area contributed by atoms with Crippen LogP contribution < -0.4 is 10.9 Å². The fourth-order valence-corrected chi connectivity index (χ4v) is 5.18. The van der Waals surface area contributed by atoms with Gasteiger partial charge in [0.2, 0.25) is 5.91 Å². The second-order valence-corrected chi connectivity index (χ2v) is 9.53. The Kier molecular flexibility index (Phi) is 6.43. The van der Waals surface area contributed by atoms with E-state index in [9.17, 15) is 18.4 Å². The number of anilines is 1. The van der Waals surface area contributed by atoms with Crippen LogP contribution in [-0.2, 0) is 17.8 Å². The van der Waals surface area contributed by atoms with Crippen molar-refractivity contribution in [3.63, 3.8) is 0 Å². The lowest BCUT2D eigenvalue weighted by Gasteiger charge is -2.14. The van der Waals surface area contributed by atoms with Crippen LogP contribution in [0.15, 0.2) is 63.4 Å². The van der Waals surface area contributed by atoms with Gasteiger partial charge in [0.25, 0.3) is 5.56 Å².